The number of aromatic nitrogens is 2. The van der Waals surface area contributed by atoms with Crippen molar-refractivity contribution in [1.82, 2.24) is 14.9 Å². The van der Waals surface area contributed by atoms with Gasteiger partial charge in [0.15, 0.2) is 0 Å². The fourth-order valence-corrected chi connectivity index (χ4v) is 2.68. The molecule has 0 spiro atoms. The summed E-state index contributed by atoms with van der Waals surface area (Å²) >= 11 is 0. The van der Waals surface area contributed by atoms with Crippen molar-refractivity contribution in [1.29, 1.82) is 0 Å². The lowest BCUT2D eigenvalue weighted by Crippen LogP contribution is -2.38. The molecule has 1 aromatic carbocycles. The molecule has 1 saturated heterocycles. The molecule has 23 heavy (non-hydrogen) atoms. The van der Waals surface area contributed by atoms with Crippen molar-refractivity contribution >= 4 is 0 Å². The number of methoxy groups -OCH3 is 1. The topological polar surface area (TPSA) is 47.5 Å². The van der Waals surface area contributed by atoms with E-state index < -0.39 is 17.7 Å². The van der Waals surface area contributed by atoms with Gasteiger partial charge in [-0.15, -0.1) is 0 Å². The molecule has 1 fully saturated rings. The predicted molar refractivity (Wildman–Crippen MR) is 78.9 cm³/mol. The van der Waals surface area contributed by atoms with Crippen LogP contribution in [0.4, 0.5) is 8.78 Å². The van der Waals surface area contributed by atoms with Crippen molar-refractivity contribution in [3.05, 3.63) is 53.5 Å². The number of rotatable bonds is 4. The predicted octanol–water partition coefficient (Wildman–Crippen LogP) is 2.34. The highest BCUT2D eigenvalue weighted by molar-refractivity contribution is 5.23. The van der Waals surface area contributed by atoms with Gasteiger partial charge in [0.25, 0.3) is 0 Å². The van der Waals surface area contributed by atoms with Crippen LogP contribution in [-0.4, -0.2) is 41.7 Å². The highest BCUT2D eigenvalue weighted by atomic mass is 19.1. The monoisotopic (exact) mass is 321 g/mol. The zero-order valence-electron chi connectivity index (χ0n) is 12.7. The molecule has 1 aliphatic rings. The van der Waals surface area contributed by atoms with Crippen LogP contribution in [0.1, 0.15) is 17.2 Å². The molecule has 0 bridgehead atoms. The number of nitrogens with zero attached hydrogens (tertiary/aromatic N) is 3. The molecule has 1 aliphatic heterocycles. The van der Waals surface area contributed by atoms with Crippen LogP contribution in [0.15, 0.2) is 30.7 Å². The maximum atomic E-state index is 13.9. The van der Waals surface area contributed by atoms with Crippen molar-refractivity contribution in [2.24, 2.45) is 0 Å². The van der Waals surface area contributed by atoms with Crippen molar-refractivity contribution in [3.63, 3.8) is 0 Å². The molecule has 0 radical (unpaired) electrons. The van der Waals surface area contributed by atoms with Gasteiger partial charge in [-0.25, -0.2) is 18.7 Å². The van der Waals surface area contributed by atoms with Gasteiger partial charge in [0.2, 0.25) is 5.88 Å². The third-order valence-corrected chi connectivity index (χ3v) is 3.79. The number of morpholine rings is 1. The first kappa shape index (κ1) is 15.8. The van der Waals surface area contributed by atoms with Crippen molar-refractivity contribution in [2.75, 3.05) is 26.8 Å². The quantitative estimate of drug-likeness (QED) is 0.865. The van der Waals surface area contributed by atoms with E-state index in [1.807, 2.05) is 0 Å². The summed E-state index contributed by atoms with van der Waals surface area (Å²) in [5.41, 5.74) is 1.22. The smallest absolute Gasteiger partial charge is 0.220 e. The van der Waals surface area contributed by atoms with E-state index in [2.05, 4.69) is 14.9 Å². The number of ether oxygens (including phenoxy) is 2. The molecule has 5 nitrogen and oxygen atoms in total. The van der Waals surface area contributed by atoms with Crippen LogP contribution in [0.5, 0.6) is 5.88 Å². The highest BCUT2D eigenvalue weighted by Gasteiger charge is 2.25. The van der Waals surface area contributed by atoms with Crippen LogP contribution in [0, 0.1) is 11.6 Å². The van der Waals surface area contributed by atoms with E-state index in [1.165, 1.54) is 18.5 Å². The Labute approximate surface area is 132 Å². The van der Waals surface area contributed by atoms with Crippen LogP contribution >= 0.6 is 0 Å². The summed E-state index contributed by atoms with van der Waals surface area (Å²) in [6.07, 6.45) is 2.70. The van der Waals surface area contributed by atoms with Gasteiger partial charge < -0.3 is 9.47 Å². The lowest BCUT2D eigenvalue weighted by Gasteiger charge is -2.33. The maximum absolute atomic E-state index is 13.9. The average Bonchev–Trinajstić information content (AvgIpc) is 2.55. The summed E-state index contributed by atoms with van der Waals surface area (Å²) in [6.45, 7) is 2.25. The van der Waals surface area contributed by atoms with Crippen LogP contribution in [0.25, 0.3) is 0 Å². The molecule has 7 heteroatoms. The molecule has 2 aromatic rings. The molecule has 0 aliphatic carbocycles. The van der Waals surface area contributed by atoms with Gasteiger partial charge in [-0.3, -0.25) is 4.90 Å². The third kappa shape index (κ3) is 3.62. The fourth-order valence-electron chi connectivity index (χ4n) is 2.68. The molecular weight excluding hydrogens is 304 g/mol. The largest absolute Gasteiger partial charge is 0.481 e. The molecule has 0 N–H and O–H groups in total. The van der Waals surface area contributed by atoms with E-state index in [-0.39, 0.29) is 0 Å². The zero-order chi connectivity index (χ0) is 16.2. The Balaban J connectivity index is 1.73. The highest BCUT2D eigenvalue weighted by Crippen LogP contribution is 2.26. The lowest BCUT2D eigenvalue weighted by atomic mass is 10.1. The summed E-state index contributed by atoms with van der Waals surface area (Å²) in [5.74, 6) is -0.654. The third-order valence-electron chi connectivity index (χ3n) is 3.79. The molecule has 1 aromatic heterocycles. The zero-order valence-corrected chi connectivity index (χ0v) is 12.7. The number of hydrogen-bond acceptors (Lipinski definition) is 5. The van der Waals surface area contributed by atoms with Gasteiger partial charge in [-0.1, -0.05) is 6.07 Å². The van der Waals surface area contributed by atoms with Gasteiger partial charge in [0.1, 0.15) is 18.0 Å². The Morgan fingerprint density at radius 1 is 1.39 bits per heavy atom. The number of benzene rings is 1. The molecule has 0 amide bonds. The Hall–Kier alpha value is -2.12. The second-order valence-electron chi connectivity index (χ2n) is 5.32. The summed E-state index contributed by atoms with van der Waals surface area (Å²) in [7, 11) is 1.56. The average molecular weight is 321 g/mol. The first-order valence-corrected chi connectivity index (χ1v) is 7.29. The number of hydrogen-bond donors (Lipinski definition) is 0. The van der Waals surface area contributed by atoms with E-state index in [1.54, 1.807) is 13.3 Å². The van der Waals surface area contributed by atoms with E-state index >= 15 is 0 Å². The Morgan fingerprint density at radius 2 is 2.26 bits per heavy atom. The SMILES string of the molecule is COc1ncncc1CN1CCOC(c2ccc(F)cc2F)C1. The number of halogens is 2. The van der Waals surface area contributed by atoms with Crippen molar-refractivity contribution in [3.8, 4) is 5.88 Å². The summed E-state index contributed by atoms with van der Waals surface area (Å²) < 4.78 is 37.8. The Morgan fingerprint density at radius 3 is 3.04 bits per heavy atom. The molecular formula is C16H17F2N3O2. The van der Waals surface area contributed by atoms with E-state index in [4.69, 9.17) is 9.47 Å². The first-order valence-electron chi connectivity index (χ1n) is 7.29. The summed E-state index contributed by atoms with van der Waals surface area (Å²) in [6, 6.07) is 3.56. The van der Waals surface area contributed by atoms with Crippen molar-refractivity contribution in [2.45, 2.75) is 12.6 Å². The van der Waals surface area contributed by atoms with Gasteiger partial charge in [-0.2, -0.15) is 0 Å². The van der Waals surface area contributed by atoms with Crippen molar-refractivity contribution < 1.29 is 18.3 Å². The molecule has 1 atom stereocenters. The van der Waals surface area contributed by atoms with Gasteiger partial charge in [0, 0.05) is 43.0 Å². The fraction of sp³-hybridized carbons (Fsp3) is 0.375. The second kappa shape index (κ2) is 6.97. The minimum absolute atomic E-state index is 0.368. The Bertz CT molecular complexity index is 684. The maximum Gasteiger partial charge on any atom is 0.220 e. The van der Waals surface area contributed by atoms with Gasteiger partial charge in [0.05, 0.1) is 19.8 Å². The van der Waals surface area contributed by atoms with Crippen LogP contribution in [0.2, 0.25) is 0 Å². The first-order chi connectivity index (χ1) is 11.2. The van der Waals surface area contributed by atoms with Crippen LogP contribution in [-0.2, 0) is 11.3 Å². The summed E-state index contributed by atoms with van der Waals surface area (Å²) in [5, 5.41) is 0. The van der Waals surface area contributed by atoms with Crippen LogP contribution in [0.3, 0.4) is 0 Å². The van der Waals surface area contributed by atoms with Gasteiger partial charge >= 0.3 is 0 Å². The van der Waals surface area contributed by atoms with Crippen LogP contribution < -0.4 is 4.74 Å². The van der Waals surface area contributed by atoms with Gasteiger partial charge in [-0.05, 0) is 6.07 Å². The lowest BCUT2D eigenvalue weighted by molar-refractivity contribution is -0.0347. The minimum atomic E-state index is -0.593. The Kier molecular flexibility index (Phi) is 4.78. The molecule has 2 heterocycles. The minimum Gasteiger partial charge on any atom is -0.481 e. The van der Waals surface area contributed by atoms with E-state index in [0.717, 1.165) is 11.6 Å². The molecule has 1 unspecified atom stereocenters. The van der Waals surface area contributed by atoms with E-state index in [0.29, 0.717) is 37.7 Å². The van der Waals surface area contributed by atoms with E-state index in [9.17, 15) is 8.78 Å². The summed E-state index contributed by atoms with van der Waals surface area (Å²) in [4.78, 5) is 10.2. The molecule has 3 rings (SSSR count). The standard InChI is InChI=1S/C16H17F2N3O2/c1-22-16-11(7-19-10-20-16)8-21-4-5-23-15(9-21)13-3-2-12(17)6-14(13)18/h2-3,6-7,10,15H,4-5,8-9H2,1H3. The molecule has 122 valence electrons. The molecule has 0 saturated carbocycles. The second-order valence-corrected chi connectivity index (χ2v) is 5.32. The normalized spacial score (nSPS) is 18.8.